The molecule has 0 aliphatic carbocycles. The lowest BCUT2D eigenvalue weighted by Gasteiger charge is -2.19. The molecule has 2 N–H and O–H groups in total. The average Bonchev–Trinajstić information content (AvgIpc) is 2.09. The van der Waals surface area contributed by atoms with E-state index in [1.807, 2.05) is 6.92 Å². The number of alkyl halides is 3. The highest BCUT2D eigenvalue weighted by Crippen LogP contribution is 2.21. The van der Waals surface area contributed by atoms with E-state index in [1.165, 1.54) is 0 Å². The van der Waals surface area contributed by atoms with Gasteiger partial charge >= 0.3 is 6.18 Å². The number of rotatable bonds is 6. The SMILES string of the molecule is CCC(N)C(C)OCCCC(F)(F)F. The van der Waals surface area contributed by atoms with Gasteiger partial charge in [0.05, 0.1) is 6.10 Å². The van der Waals surface area contributed by atoms with Gasteiger partial charge in [-0.3, -0.25) is 0 Å². The number of halogens is 3. The first kappa shape index (κ1) is 13.7. The Morgan fingerprint density at radius 3 is 2.36 bits per heavy atom. The summed E-state index contributed by atoms with van der Waals surface area (Å²) >= 11 is 0. The van der Waals surface area contributed by atoms with Gasteiger partial charge in [0.15, 0.2) is 0 Å². The molecule has 0 radical (unpaired) electrons. The maximum absolute atomic E-state index is 11.7. The molecule has 2 unspecified atom stereocenters. The fourth-order valence-corrected chi connectivity index (χ4v) is 0.997. The largest absolute Gasteiger partial charge is 0.389 e. The highest BCUT2D eigenvalue weighted by atomic mass is 19.4. The molecule has 5 heteroatoms. The summed E-state index contributed by atoms with van der Waals surface area (Å²) in [6.45, 7) is 3.82. The van der Waals surface area contributed by atoms with Crippen molar-refractivity contribution in [2.24, 2.45) is 5.73 Å². The second kappa shape index (κ2) is 6.24. The molecule has 0 heterocycles. The van der Waals surface area contributed by atoms with Crippen molar-refractivity contribution in [3.8, 4) is 0 Å². The van der Waals surface area contributed by atoms with E-state index < -0.39 is 12.6 Å². The summed E-state index contributed by atoms with van der Waals surface area (Å²) in [5.74, 6) is 0. The molecular weight excluding hydrogens is 195 g/mol. The highest BCUT2D eigenvalue weighted by Gasteiger charge is 2.26. The van der Waals surface area contributed by atoms with Crippen molar-refractivity contribution in [2.75, 3.05) is 6.61 Å². The molecule has 0 bridgehead atoms. The average molecular weight is 213 g/mol. The third-order valence-corrected chi connectivity index (χ3v) is 2.06. The topological polar surface area (TPSA) is 35.2 Å². The maximum atomic E-state index is 11.7. The maximum Gasteiger partial charge on any atom is 0.389 e. The Morgan fingerprint density at radius 1 is 1.36 bits per heavy atom. The Bertz CT molecular complexity index is 149. The lowest BCUT2D eigenvalue weighted by Crippen LogP contribution is -2.34. The first-order valence-corrected chi connectivity index (χ1v) is 4.80. The Morgan fingerprint density at radius 2 is 1.93 bits per heavy atom. The number of nitrogens with two attached hydrogens (primary N) is 1. The van der Waals surface area contributed by atoms with Gasteiger partial charge in [-0.1, -0.05) is 6.92 Å². The highest BCUT2D eigenvalue weighted by molar-refractivity contribution is 4.66. The molecule has 0 aliphatic rings. The van der Waals surface area contributed by atoms with E-state index in [-0.39, 0.29) is 25.2 Å². The van der Waals surface area contributed by atoms with Crippen molar-refractivity contribution in [1.29, 1.82) is 0 Å². The lowest BCUT2D eigenvalue weighted by atomic mass is 10.1. The minimum atomic E-state index is -4.08. The molecule has 0 amide bonds. The standard InChI is InChI=1S/C9H18F3NO/c1-3-8(13)7(2)14-6-4-5-9(10,11)12/h7-8H,3-6,13H2,1-2H3. The molecule has 14 heavy (non-hydrogen) atoms. The smallest absolute Gasteiger partial charge is 0.377 e. The van der Waals surface area contributed by atoms with E-state index >= 15 is 0 Å². The van der Waals surface area contributed by atoms with Crippen LogP contribution in [0.2, 0.25) is 0 Å². The zero-order valence-electron chi connectivity index (χ0n) is 8.60. The van der Waals surface area contributed by atoms with Crippen LogP contribution in [0.1, 0.15) is 33.1 Å². The van der Waals surface area contributed by atoms with Crippen LogP contribution >= 0.6 is 0 Å². The summed E-state index contributed by atoms with van der Waals surface area (Å²) in [6.07, 6.45) is -4.28. The molecule has 0 saturated carbocycles. The van der Waals surface area contributed by atoms with Gasteiger partial charge in [0, 0.05) is 19.1 Å². The summed E-state index contributed by atoms with van der Waals surface area (Å²) in [4.78, 5) is 0. The normalized spacial score (nSPS) is 16.7. The molecule has 2 nitrogen and oxygen atoms in total. The van der Waals surface area contributed by atoms with E-state index in [1.54, 1.807) is 6.92 Å². The second-order valence-electron chi connectivity index (χ2n) is 3.37. The van der Waals surface area contributed by atoms with Gasteiger partial charge in [-0.05, 0) is 19.8 Å². The molecule has 86 valence electrons. The Labute approximate surface area is 82.6 Å². The molecule has 0 aromatic rings. The van der Waals surface area contributed by atoms with Crippen LogP contribution in [0.3, 0.4) is 0 Å². The zero-order chi connectivity index (χ0) is 11.2. The molecule has 0 aromatic carbocycles. The van der Waals surface area contributed by atoms with E-state index in [4.69, 9.17) is 10.5 Å². The predicted octanol–water partition coefficient (Wildman–Crippen LogP) is 2.47. The molecule has 0 saturated heterocycles. The Balaban J connectivity index is 3.45. The van der Waals surface area contributed by atoms with E-state index in [0.29, 0.717) is 0 Å². The Hall–Kier alpha value is -0.290. The third kappa shape index (κ3) is 7.15. The first-order valence-electron chi connectivity index (χ1n) is 4.80. The number of hydrogen-bond donors (Lipinski definition) is 1. The van der Waals surface area contributed by atoms with Gasteiger partial charge in [-0.25, -0.2) is 0 Å². The van der Waals surface area contributed by atoms with Gasteiger partial charge < -0.3 is 10.5 Å². The van der Waals surface area contributed by atoms with E-state index in [9.17, 15) is 13.2 Å². The fourth-order valence-electron chi connectivity index (χ4n) is 0.997. The minimum absolute atomic E-state index is 0.00424. The molecule has 0 fully saturated rings. The summed E-state index contributed by atoms with van der Waals surface area (Å²) in [5, 5.41) is 0. The van der Waals surface area contributed by atoms with E-state index in [2.05, 4.69) is 0 Å². The van der Waals surface area contributed by atoms with Crippen molar-refractivity contribution in [3.63, 3.8) is 0 Å². The first-order chi connectivity index (χ1) is 6.37. The van der Waals surface area contributed by atoms with Gasteiger partial charge in [0.25, 0.3) is 0 Å². The van der Waals surface area contributed by atoms with Crippen LogP contribution in [0, 0.1) is 0 Å². The fraction of sp³-hybridized carbons (Fsp3) is 1.00. The molecule has 0 aliphatic heterocycles. The van der Waals surface area contributed by atoms with Crippen LogP contribution in [0.5, 0.6) is 0 Å². The zero-order valence-corrected chi connectivity index (χ0v) is 8.60. The summed E-state index contributed by atoms with van der Waals surface area (Å²) in [6, 6.07) is -0.0964. The summed E-state index contributed by atoms with van der Waals surface area (Å²) in [7, 11) is 0. The van der Waals surface area contributed by atoms with Crippen LogP contribution in [0.4, 0.5) is 13.2 Å². The summed E-state index contributed by atoms with van der Waals surface area (Å²) in [5.41, 5.74) is 5.64. The molecule has 0 aromatic heterocycles. The van der Waals surface area contributed by atoms with Crippen molar-refractivity contribution < 1.29 is 17.9 Å². The van der Waals surface area contributed by atoms with Crippen molar-refractivity contribution in [2.45, 2.75) is 51.4 Å². The number of ether oxygens (including phenoxy) is 1. The van der Waals surface area contributed by atoms with Crippen molar-refractivity contribution in [1.82, 2.24) is 0 Å². The van der Waals surface area contributed by atoms with Gasteiger partial charge in [-0.15, -0.1) is 0 Å². The Kier molecular flexibility index (Phi) is 6.11. The quantitative estimate of drug-likeness (QED) is 0.688. The lowest BCUT2D eigenvalue weighted by molar-refractivity contribution is -0.138. The van der Waals surface area contributed by atoms with Gasteiger partial charge in [0.1, 0.15) is 0 Å². The van der Waals surface area contributed by atoms with Crippen molar-refractivity contribution >= 4 is 0 Å². The third-order valence-electron chi connectivity index (χ3n) is 2.06. The van der Waals surface area contributed by atoms with Crippen LogP contribution in [-0.4, -0.2) is 24.9 Å². The van der Waals surface area contributed by atoms with Gasteiger partial charge in [0.2, 0.25) is 0 Å². The monoisotopic (exact) mass is 213 g/mol. The van der Waals surface area contributed by atoms with E-state index in [0.717, 1.165) is 6.42 Å². The molecule has 0 rings (SSSR count). The second-order valence-corrected chi connectivity index (χ2v) is 3.37. The molecule has 0 spiro atoms. The predicted molar refractivity (Wildman–Crippen MR) is 49.0 cm³/mol. The van der Waals surface area contributed by atoms with Crippen LogP contribution in [-0.2, 0) is 4.74 Å². The van der Waals surface area contributed by atoms with Crippen LogP contribution in [0.25, 0.3) is 0 Å². The minimum Gasteiger partial charge on any atom is -0.377 e. The summed E-state index contributed by atoms with van der Waals surface area (Å²) < 4.78 is 40.3. The van der Waals surface area contributed by atoms with Crippen LogP contribution < -0.4 is 5.73 Å². The molecular formula is C9H18F3NO. The molecule has 2 atom stereocenters. The number of hydrogen-bond acceptors (Lipinski definition) is 2. The van der Waals surface area contributed by atoms with Crippen LogP contribution in [0.15, 0.2) is 0 Å². The van der Waals surface area contributed by atoms with Crippen molar-refractivity contribution in [3.05, 3.63) is 0 Å². The van der Waals surface area contributed by atoms with Gasteiger partial charge in [-0.2, -0.15) is 13.2 Å².